The van der Waals surface area contributed by atoms with E-state index in [-0.39, 0.29) is 17.9 Å². The highest BCUT2D eigenvalue weighted by atomic mass is 16.3. The van der Waals surface area contributed by atoms with Gasteiger partial charge in [-0.2, -0.15) is 0 Å². The van der Waals surface area contributed by atoms with Crippen LogP contribution in [-0.2, 0) is 4.79 Å². The topological polar surface area (TPSA) is 61.4 Å². The van der Waals surface area contributed by atoms with Crippen LogP contribution in [0.15, 0.2) is 0 Å². The van der Waals surface area contributed by atoms with Gasteiger partial charge >= 0.3 is 0 Å². The molecule has 4 heteroatoms. The fourth-order valence-electron chi connectivity index (χ4n) is 1.89. The van der Waals surface area contributed by atoms with E-state index in [0.717, 1.165) is 19.3 Å². The molecule has 0 radical (unpaired) electrons. The lowest BCUT2D eigenvalue weighted by atomic mass is 9.86. The first kappa shape index (κ1) is 11.5. The summed E-state index contributed by atoms with van der Waals surface area (Å²) in [5.74, 6) is 0.259. The van der Waals surface area contributed by atoms with Crippen molar-refractivity contribution >= 4 is 5.91 Å². The van der Waals surface area contributed by atoms with Crippen LogP contribution in [0.25, 0.3) is 0 Å². The van der Waals surface area contributed by atoms with E-state index in [1.807, 2.05) is 0 Å². The number of likely N-dealkylation sites (N-methyl/N-ethyl adjacent to an activating group) is 1. The van der Waals surface area contributed by atoms with Gasteiger partial charge in [-0.05, 0) is 19.9 Å². The normalized spacial score (nSPS) is 27.3. The van der Waals surface area contributed by atoms with Crippen molar-refractivity contribution in [1.29, 1.82) is 0 Å². The molecule has 1 fully saturated rings. The summed E-state index contributed by atoms with van der Waals surface area (Å²) in [4.78, 5) is 11.1. The van der Waals surface area contributed by atoms with Crippen molar-refractivity contribution in [2.24, 2.45) is 5.92 Å². The van der Waals surface area contributed by atoms with Gasteiger partial charge in [-0.1, -0.05) is 12.8 Å². The fraction of sp³-hybridized carbons (Fsp3) is 0.900. The van der Waals surface area contributed by atoms with Gasteiger partial charge < -0.3 is 15.7 Å². The molecule has 0 aromatic heterocycles. The van der Waals surface area contributed by atoms with Gasteiger partial charge in [0.15, 0.2) is 0 Å². The van der Waals surface area contributed by atoms with Gasteiger partial charge in [0, 0.05) is 12.5 Å². The van der Waals surface area contributed by atoms with Crippen molar-refractivity contribution in [2.75, 3.05) is 20.1 Å². The number of nitrogens with one attached hydrogen (secondary N) is 2. The molecule has 0 saturated heterocycles. The Morgan fingerprint density at radius 3 is 2.79 bits per heavy atom. The van der Waals surface area contributed by atoms with E-state index >= 15 is 0 Å². The van der Waals surface area contributed by atoms with Gasteiger partial charge in [-0.25, -0.2) is 0 Å². The van der Waals surface area contributed by atoms with Crippen LogP contribution >= 0.6 is 0 Å². The van der Waals surface area contributed by atoms with Crippen molar-refractivity contribution in [3.63, 3.8) is 0 Å². The summed E-state index contributed by atoms with van der Waals surface area (Å²) < 4.78 is 0. The highest BCUT2D eigenvalue weighted by Crippen LogP contribution is 2.23. The number of amides is 1. The Bertz CT molecular complexity index is 185. The average molecular weight is 200 g/mol. The minimum atomic E-state index is -0.223. The molecule has 1 aliphatic carbocycles. The largest absolute Gasteiger partial charge is 0.393 e. The van der Waals surface area contributed by atoms with Crippen LogP contribution in [-0.4, -0.2) is 37.3 Å². The zero-order valence-electron chi connectivity index (χ0n) is 8.75. The predicted octanol–water partition coefficient (Wildman–Crippen LogP) is -0.127. The molecule has 0 aromatic rings. The Kier molecular flexibility index (Phi) is 4.90. The van der Waals surface area contributed by atoms with Gasteiger partial charge in [0.2, 0.25) is 5.91 Å². The van der Waals surface area contributed by atoms with E-state index in [1.165, 1.54) is 6.42 Å². The number of carbonyl (C=O) groups is 1. The summed E-state index contributed by atoms with van der Waals surface area (Å²) in [7, 11) is 1.75. The summed E-state index contributed by atoms with van der Waals surface area (Å²) in [6.45, 7) is 0.963. The molecule has 1 rings (SSSR count). The van der Waals surface area contributed by atoms with Crippen LogP contribution in [0.2, 0.25) is 0 Å². The van der Waals surface area contributed by atoms with Crippen molar-refractivity contribution in [2.45, 2.75) is 31.8 Å². The lowest BCUT2D eigenvalue weighted by Crippen LogP contribution is -2.39. The number of hydrogen-bond donors (Lipinski definition) is 3. The molecule has 3 N–H and O–H groups in total. The Labute approximate surface area is 85.1 Å². The monoisotopic (exact) mass is 200 g/mol. The smallest absolute Gasteiger partial charge is 0.233 e. The summed E-state index contributed by atoms with van der Waals surface area (Å²) in [5, 5.41) is 15.3. The molecule has 14 heavy (non-hydrogen) atoms. The second-order valence-electron chi connectivity index (χ2n) is 3.95. The lowest BCUT2D eigenvalue weighted by Gasteiger charge is -2.27. The van der Waals surface area contributed by atoms with Crippen LogP contribution < -0.4 is 10.6 Å². The van der Waals surface area contributed by atoms with Crippen LogP contribution in [0, 0.1) is 5.92 Å². The molecule has 1 amide bonds. The second-order valence-corrected chi connectivity index (χ2v) is 3.95. The SMILES string of the molecule is CNCC(=O)NCC1CCCCC1O. The summed E-state index contributed by atoms with van der Waals surface area (Å²) >= 11 is 0. The minimum Gasteiger partial charge on any atom is -0.393 e. The highest BCUT2D eigenvalue weighted by molar-refractivity contribution is 5.77. The molecule has 82 valence electrons. The Hall–Kier alpha value is -0.610. The van der Waals surface area contributed by atoms with E-state index in [9.17, 15) is 9.90 Å². The molecule has 1 saturated carbocycles. The minimum absolute atomic E-state index is 0.00488. The number of hydrogen-bond acceptors (Lipinski definition) is 3. The quantitative estimate of drug-likeness (QED) is 0.592. The molecular weight excluding hydrogens is 180 g/mol. The van der Waals surface area contributed by atoms with E-state index in [0.29, 0.717) is 13.1 Å². The molecule has 0 bridgehead atoms. The van der Waals surface area contributed by atoms with E-state index in [2.05, 4.69) is 10.6 Å². The highest BCUT2D eigenvalue weighted by Gasteiger charge is 2.22. The Morgan fingerprint density at radius 1 is 1.43 bits per heavy atom. The maximum Gasteiger partial charge on any atom is 0.233 e. The predicted molar refractivity (Wildman–Crippen MR) is 54.9 cm³/mol. The van der Waals surface area contributed by atoms with Crippen molar-refractivity contribution in [1.82, 2.24) is 10.6 Å². The molecular formula is C10H20N2O2. The first-order valence-corrected chi connectivity index (χ1v) is 5.33. The third-order valence-corrected chi connectivity index (χ3v) is 2.77. The first-order chi connectivity index (χ1) is 6.74. The van der Waals surface area contributed by atoms with Crippen LogP contribution in [0.3, 0.4) is 0 Å². The zero-order chi connectivity index (χ0) is 10.4. The van der Waals surface area contributed by atoms with Crippen LogP contribution in [0.5, 0.6) is 0 Å². The molecule has 1 aliphatic rings. The zero-order valence-corrected chi connectivity index (χ0v) is 8.75. The van der Waals surface area contributed by atoms with E-state index in [1.54, 1.807) is 7.05 Å². The van der Waals surface area contributed by atoms with E-state index < -0.39 is 0 Å². The lowest BCUT2D eigenvalue weighted by molar-refractivity contribution is -0.120. The average Bonchev–Trinajstić information content (AvgIpc) is 2.17. The molecule has 4 nitrogen and oxygen atoms in total. The molecule has 0 aliphatic heterocycles. The standard InChI is InChI=1S/C10H20N2O2/c1-11-7-10(14)12-6-8-4-2-3-5-9(8)13/h8-9,11,13H,2-7H2,1H3,(H,12,14). The number of carbonyl (C=O) groups excluding carboxylic acids is 1. The van der Waals surface area contributed by atoms with E-state index in [4.69, 9.17) is 0 Å². The first-order valence-electron chi connectivity index (χ1n) is 5.33. The van der Waals surface area contributed by atoms with Gasteiger partial charge in [-0.3, -0.25) is 4.79 Å². The molecule has 0 heterocycles. The van der Waals surface area contributed by atoms with Crippen LogP contribution in [0.1, 0.15) is 25.7 Å². The number of aliphatic hydroxyl groups excluding tert-OH is 1. The van der Waals surface area contributed by atoms with Crippen molar-refractivity contribution < 1.29 is 9.90 Å². The summed E-state index contributed by atoms with van der Waals surface area (Å²) in [6.07, 6.45) is 3.97. The fourth-order valence-corrected chi connectivity index (χ4v) is 1.89. The molecule has 0 spiro atoms. The second kappa shape index (κ2) is 5.98. The summed E-state index contributed by atoms with van der Waals surface area (Å²) in [5.41, 5.74) is 0. The third-order valence-electron chi connectivity index (χ3n) is 2.77. The van der Waals surface area contributed by atoms with Crippen molar-refractivity contribution in [3.05, 3.63) is 0 Å². The van der Waals surface area contributed by atoms with Crippen molar-refractivity contribution in [3.8, 4) is 0 Å². The summed E-state index contributed by atoms with van der Waals surface area (Å²) in [6, 6.07) is 0. The number of aliphatic hydroxyl groups is 1. The maximum atomic E-state index is 11.1. The Balaban J connectivity index is 2.19. The van der Waals surface area contributed by atoms with Crippen LogP contribution in [0.4, 0.5) is 0 Å². The third kappa shape index (κ3) is 3.64. The van der Waals surface area contributed by atoms with Gasteiger partial charge in [0.1, 0.15) is 0 Å². The molecule has 2 atom stereocenters. The molecule has 0 aromatic carbocycles. The number of rotatable bonds is 4. The van der Waals surface area contributed by atoms with Gasteiger partial charge in [0.25, 0.3) is 0 Å². The Morgan fingerprint density at radius 2 is 2.14 bits per heavy atom. The molecule has 2 unspecified atom stereocenters. The maximum absolute atomic E-state index is 11.1. The van der Waals surface area contributed by atoms with Gasteiger partial charge in [-0.15, -0.1) is 0 Å². The van der Waals surface area contributed by atoms with Gasteiger partial charge in [0.05, 0.1) is 12.6 Å².